The Labute approximate surface area is 191 Å². The highest BCUT2D eigenvalue weighted by molar-refractivity contribution is 7.19. The molecule has 1 unspecified atom stereocenters. The molecule has 0 bridgehead atoms. The van der Waals surface area contributed by atoms with Crippen molar-refractivity contribution in [3.05, 3.63) is 46.6 Å². The van der Waals surface area contributed by atoms with Gasteiger partial charge in [0.15, 0.2) is 6.04 Å². The molecule has 1 fully saturated rings. The summed E-state index contributed by atoms with van der Waals surface area (Å²) in [5.74, 6) is -4.82. The number of alkyl halides is 5. The van der Waals surface area contributed by atoms with Crippen LogP contribution in [0.3, 0.4) is 0 Å². The third-order valence-corrected chi connectivity index (χ3v) is 6.59. The minimum absolute atomic E-state index is 0.00791. The Kier molecular flexibility index (Phi) is 6.04. The number of carbonyl (C=O) groups is 1. The second-order valence-electron chi connectivity index (χ2n) is 7.73. The van der Waals surface area contributed by atoms with Crippen molar-refractivity contribution in [2.45, 2.75) is 31.5 Å². The molecule has 3 aromatic rings. The molecule has 182 valence electrons. The molecule has 6 nitrogen and oxygen atoms in total. The molecule has 0 aliphatic carbocycles. The van der Waals surface area contributed by atoms with Crippen LogP contribution in [0.1, 0.15) is 22.9 Å². The van der Waals surface area contributed by atoms with Crippen LogP contribution in [0.15, 0.2) is 24.5 Å². The minimum Gasteiger partial charge on any atom is -0.335 e. The average molecular weight is 507 g/mol. The van der Waals surface area contributed by atoms with Crippen molar-refractivity contribution in [2.75, 3.05) is 23.3 Å². The number of benzene rings is 1. The highest BCUT2D eigenvalue weighted by atomic mass is 32.1. The summed E-state index contributed by atoms with van der Waals surface area (Å²) in [4.78, 5) is 20.9. The van der Waals surface area contributed by atoms with E-state index in [0.717, 1.165) is 18.5 Å². The summed E-state index contributed by atoms with van der Waals surface area (Å²) < 4.78 is 95.5. The maximum Gasteiger partial charge on any atom is 0.413 e. The topological polar surface area (TPSA) is 70.2 Å². The Bertz CT molecular complexity index is 1230. The van der Waals surface area contributed by atoms with Crippen LogP contribution < -0.4 is 15.5 Å². The number of aryl methyl sites for hydroxylation is 1. The molecule has 34 heavy (non-hydrogen) atoms. The van der Waals surface area contributed by atoms with E-state index in [4.69, 9.17) is 0 Å². The van der Waals surface area contributed by atoms with Crippen LogP contribution >= 0.6 is 11.3 Å². The summed E-state index contributed by atoms with van der Waals surface area (Å²) in [6, 6.07) is -2.26. The summed E-state index contributed by atoms with van der Waals surface area (Å²) in [6.45, 7) is 0.749. The fourth-order valence-corrected chi connectivity index (χ4v) is 4.86. The molecule has 0 radical (unpaired) electrons. The Hall–Kier alpha value is -3.16. The Morgan fingerprint density at radius 3 is 2.47 bits per heavy atom. The molecule has 1 aliphatic rings. The number of fused-ring (bicyclic) bond motifs is 1. The zero-order valence-corrected chi connectivity index (χ0v) is 18.1. The van der Waals surface area contributed by atoms with E-state index >= 15 is 0 Å². The number of halogens is 7. The number of anilines is 2. The number of aromatic nitrogens is 2. The molecule has 14 heteroatoms. The number of nitrogens with zero attached hydrogens (tertiary/aromatic N) is 3. The quantitative estimate of drug-likeness (QED) is 0.455. The van der Waals surface area contributed by atoms with E-state index in [1.54, 1.807) is 5.32 Å². The van der Waals surface area contributed by atoms with Crippen LogP contribution in [0.4, 0.5) is 47.2 Å². The molecule has 2 amide bonds. The number of amides is 2. The van der Waals surface area contributed by atoms with Gasteiger partial charge in [-0.05, 0) is 18.6 Å². The lowest BCUT2D eigenvalue weighted by Gasteiger charge is -2.22. The van der Waals surface area contributed by atoms with Crippen LogP contribution in [0.2, 0.25) is 0 Å². The van der Waals surface area contributed by atoms with Gasteiger partial charge in [0.1, 0.15) is 11.6 Å². The summed E-state index contributed by atoms with van der Waals surface area (Å²) >= 11 is 0.463. The van der Waals surface area contributed by atoms with Crippen LogP contribution in [-0.2, 0) is 0 Å². The molecule has 1 saturated heterocycles. The van der Waals surface area contributed by atoms with Crippen molar-refractivity contribution < 1.29 is 35.5 Å². The van der Waals surface area contributed by atoms with E-state index in [1.807, 2.05) is 0 Å². The summed E-state index contributed by atoms with van der Waals surface area (Å²) in [7, 11) is 0. The maximum atomic E-state index is 14.1. The van der Waals surface area contributed by atoms with Gasteiger partial charge in [-0.25, -0.2) is 32.3 Å². The SMILES string of the molecule is Cc1c(C(NC(=O)Nc2cnc(N3CCC(F)(F)C3)nc2)C(F)(F)F)sc2c(F)cc(F)cc12. The van der Waals surface area contributed by atoms with Gasteiger partial charge in [-0.2, -0.15) is 13.2 Å². The molecule has 2 aromatic heterocycles. The maximum absolute atomic E-state index is 14.1. The number of thiophene rings is 1. The standard InChI is InChI=1S/C20H16F7N5OS/c1-9-12-4-10(21)5-13(22)15(12)34-14(9)16(20(25,26)27)31-18(33)30-11-6-28-17(29-7-11)32-3-2-19(23,24)8-32/h4-7,16H,2-3,8H2,1H3,(H2,30,31,33). The van der Waals surface area contributed by atoms with Gasteiger partial charge in [0.05, 0.1) is 29.3 Å². The molecule has 1 aromatic carbocycles. The number of carbonyl (C=O) groups excluding carboxylic acids is 1. The molecular weight excluding hydrogens is 491 g/mol. The van der Waals surface area contributed by atoms with Crippen molar-refractivity contribution in [3.63, 3.8) is 0 Å². The lowest BCUT2D eigenvalue weighted by molar-refractivity contribution is -0.154. The molecule has 4 rings (SSSR count). The first kappa shape index (κ1) is 24.0. The van der Waals surface area contributed by atoms with Gasteiger partial charge in [-0.1, -0.05) is 0 Å². The van der Waals surface area contributed by atoms with Crippen molar-refractivity contribution in [3.8, 4) is 0 Å². The van der Waals surface area contributed by atoms with Crippen LogP contribution in [0.5, 0.6) is 0 Å². The fraction of sp³-hybridized carbons (Fsp3) is 0.350. The number of hydrogen-bond donors (Lipinski definition) is 2. The third-order valence-electron chi connectivity index (χ3n) is 5.21. The van der Waals surface area contributed by atoms with E-state index in [9.17, 15) is 35.5 Å². The van der Waals surface area contributed by atoms with Crippen molar-refractivity contribution in [1.82, 2.24) is 15.3 Å². The number of rotatable bonds is 4. The first-order chi connectivity index (χ1) is 15.8. The van der Waals surface area contributed by atoms with Gasteiger partial charge in [0.2, 0.25) is 5.95 Å². The molecule has 2 N–H and O–H groups in total. The van der Waals surface area contributed by atoms with Crippen molar-refractivity contribution in [1.29, 1.82) is 0 Å². The van der Waals surface area contributed by atoms with Gasteiger partial charge in [-0.15, -0.1) is 11.3 Å². The van der Waals surface area contributed by atoms with Crippen LogP contribution in [0.25, 0.3) is 10.1 Å². The van der Waals surface area contributed by atoms with Crippen LogP contribution in [0, 0.1) is 18.6 Å². The molecule has 1 aliphatic heterocycles. The predicted molar refractivity (Wildman–Crippen MR) is 111 cm³/mol. The summed E-state index contributed by atoms with van der Waals surface area (Å²) in [5.41, 5.74) is -0.0922. The van der Waals surface area contributed by atoms with E-state index < -0.39 is 47.2 Å². The first-order valence-electron chi connectivity index (χ1n) is 9.81. The van der Waals surface area contributed by atoms with Gasteiger partial charge < -0.3 is 15.5 Å². The monoisotopic (exact) mass is 507 g/mol. The summed E-state index contributed by atoms with van der Waals surface area (Å²) in [6.07, 6.45) is -3.15. The van der Waals surface area contributed by atoms with Crippen LogP contribution in [-0.4, -0.2) is 41.2 Å². The normalized spacial score (nSPS) is 16.6. The van der Waals surface area contributed by atoms with Gasteiger partial charge in [-0.3, -0.25) is 0 Å². The Balaban J connectivity index is 1.52. The van der Waals surface area contributed by atoms with Gasteiger partial charge in [0, 0.05) is 29.3 Å². The van der Waals surface area contributed by atoms with Crippen molar-refractivity contribution in [2.24, 2.45) is 0 Å². The molecule has 3 heterocycles. The smallest absolute Gasteiger partial charge is 0.335 e. The minimum atomic E-state index is -4.95. The number of hydrogen-bond acceptors (Lipinski definition) is 5. The third kappa shape index (κ3) is 4.86. The van der Waals surface area contributed by atoms with Gasteiger partial charge in [0.25, 0.3) is 5.92 Å². The molecule has 0 spiro atoms. The fourth-order valence-electron chi connectivity index (χ4n) is 3.59. The lowest BCUT2D eigenvalue weighted by atomic mass is 10.1. The zero-order chi connectivity index (χ0) is 24.8. The van der Waals surface area contributed by atoms with E-state index in [2.05, 4.69) is 15.3 Å². The summed E-state index contributed by atoms with van der Waals surface area (Å²) in [5, 5.41) is 3.92. The highest BCUT2D eigenvalue weighted by Crippen LogP contribution is 2.42. The van der Waals surface area contributed by atoms with Crippen molar-refractivity contribution >= 4 is 39.1 Å². The Morgan fingerprint density at radius 1 is 1.21 bits per heavy atom. The second kappa shape index (κ2) is 8.56. The Morgan fingerprint density at radius 2 is 1.88 bits per heavy atom. The lowest BCUT2D eigenvalue weighted by Crippen LogP contribution is -2.40. The van der Waals surface area contributed by atoms with E-state index in [-0.39, 0.29) is 40.3 Å². The average Bonchev–Trinajstić information content (AvgIpc) is 3.26. The second-order valence-corrected chi connectivity index (χ2v) is 8.78. The number of nitrogens with one attached hydrogen (secondary N) is 2. The largest absolute Gasteiger partial charge is 0.413 e. The highest BCUT2D eigenvalue weighted by Gasteiger charge is 2.44. The number of urea groups is 1. The van der Waals surface area contributed by atoms with E-state index in [1.165, 1.54) is 11.8 Å². The molecule has 1 atom stereocenters. The van der Waals surface area contributed by atoms with E-state index in [0.29, 0.717) is 17.4 Å². The first-order valence-corrected chi connectivity index (χ1v) is 10.6. The molecule has 0 saturated carbocycles. The predicted octanol–water partition coefficient (Wildman–Crippen LogP) is 5.55. The zero-order valence-electron chi connectivity index (χ0n) is 17.3. The van der Waals surface area contributed by atoms with Gasteiger partial charge >= 0.3 is 12.2 Å². The molecular formula is C20H16F7N5OS.